The molecule has 0 aliphatic rings. The van der Waals surface area contributed by atoms with Gasteiger partial charge in [0.05, 0.1) is 13.3 Å². The third kappa shape index (κ3) is 2.52. The van der Waals surface area contributed by atoms with E-state index in [1.807, 2.05) is 0 Å². The molecule has 0 unspecified atom stereocenters. The van der Waals surface area contributed by atoms with Crippen LogP contribution in [0.1, 0.15) is 22.5 Å². The number of aldehydes is 1. The highest BCUT2D eigenvalue weighted by atomic mass is 16.5. The maximum Gasteiger partial charge on any atom is 0.356 e. The van der Waals surface area contributed by atoms with Gasteiger partial charge < -0.3 is 9.53 Å². The molecule has 0 saturated carbocycles. The molecule has 80 valence electrons. The van der Waals surface area contributed by atoms with Crippen molar-refractivity contribution < 1.29 is 14.3 Å². The number of nitrogens with zero attached hydrogens (tertiary/aromatic N) is 2. The van der Waals surface area contributed by atoms with Crippen molar-refractivity contribution in [3.8, 4) is 0 Å². The Morgan fingerprint density at radius 3 is 3.00 bits per heavy atom. The summed E-state index contributed by atoms with van der Waals surface area (Å²) < 4.78 is 6.06. The summed E-state index contributed by atoms with van der Waals surface area (Å²) in [5.41, 5.74) is 1.02. The van der Waals surface area contributed by atoms with E-state index in [9.17, 15) is 9.59 Å². The number of esters is 1. The van der Waals surface area contributed by atoms with Crippen molar-refractivity contribution >= 4 is 18.3 Å². The van der Waals surface area contributed by atoms with Crippen molar-refractivity contribution in [1.82, 2.24) is 9.78 Å². The Labute approximate surface area is 87.3 Å². The van der Waals surface area contributed by atoms with Gasteiger partial charge in [0.15, 0.2) is 5.69 Å². The predicted molar refractivity (Wildman–Crippen MR) is 54.3 cm³/mol. The lowest BCUT2D eigenvalue weighted by Gasteiger charge is -2.00. The zero-order valence-corrected chi connectivity index (χ0v) is 8.64. The number of aromatic nitrogens is 2. The molecule has 0 saturated heterocycles. The molecule has 1 rings (SSSR count). The highest BCUT2D eigenvalue weighted by Crippen LogP contribution is 2.10. The third-order valence-electron chi connectivity index (χ3n) is 1.88. The largest absolute Gasteiger partial charge is 0.464 e. The summed E-state index contributed by atoms with van der Waals surface area (Å²) in [6.07, 6.45) is 5.98. The molecule has 0 aliphatic heterocycles. The fourth-order valence-electron chi connectivity index (χ4n) is 1.17. The van der Waals surface area contributed by atoms with Crippen molar-refractivity contribution in [2.24, 2.45) is 7.05 Å². The summed E-state index contributed by atoms with van der Waals surface area (Å²) >= 11 is 0. The first kappa shape index (κ1) is 11.2. The second-order valence-electron chi connectivity index (χ2n) is 2.87. The molecular weight excluding hydrogens is 196 g/mol. The van der Waals surface area contributed by atoms with Crippen LogP contribution in [0.2, 0.25) is 0 Å². The molecule has 5 nitrogen and oxygen atoms in total. The number of ether oxygens (including phenoxy) is 1. The molecular formula is C10H12N2O3. The smallest absolute Gasteiger partial charge is 0.356 e. The van der Waals surface area contributed by atoms with Gasteiger partial charge in [0.1, 0.15) is 6.29 Å². The zero-order chi connectivity index (χ0) is 11.3. The molecule has 0 radical (unpaired) electrons. The first-order chi connectivity index (χ1) is 7.20. The molecule has 15 heavy (non-hydrogen) atoms. The second kappa shape index (κ2) is 5.09. The van der Waals surface area contributed by atoms with Crippen LogP contribution in [0, 0.1) is 0 Å². The van der Waals surface area contributed by atoms with Crippen molar-refractivity contribution in [3.63, 3.8) is 0 Å². The number of aryl methyl sites for hydroxylation is 1. The monoisotopic (exact) mass is 208 g/mol. The van der Waals surface area contributed by atoms with Crippen LogP contribution in [0.5, 0.6) is 0 Å². The minimum Gasteiger partial charge on any atom is -0.464 e. The average molecular weight is 208 g/mol. The number of carbonyl (C=O) groups excluding carboxylic acids is 2. The van der Waals surface area contributed by atoms with Crippen LogP contribution >= 0.6 is 0 Å². The number of hydrogen-bond acceptors (Lipinski definition) is 4. The minimum atomic E-state index is -0.444. The van der Waals surface area contributed by atoms with E-state index in [0.29, 0.717) is 17.7 Å². The lowest BCUT2D eigenvalue weighted by molar-refractivity contribution is -0.107. The van der Waals surface area contributed by atoms with Crippen molar-refractivity contribution in [2.45, 2.75) is 6.42 Å². The van der Waals surface area contributed by atoms with Crippen LogP contribution in [-0.4, -0.2) is 29.1 Å². The summed E-state index contributed by atoms with van der Waals surface area (Å²) in [6, 6.07) is 0. The topological polar surface area (TPSA) is 61.2 Å². The molecule has 0 N–H and O–H groups in total. The Hall–Kier alpha value is -1.91. The number of rotatable bonds is 4. The van der Waals surface area contributed by atoms with E-state index in [2.05, 4.69) is 9.84 Å². The van der Waals surface area contributed by atoms with Crippen LogP contribution in [0.4, 0.5) is 0 Å². The van der Waals surface area contributed by atoms with Crippen molar-refractivity contribution in [1.29, 1.82) is 0 Å². The van der Waals surface area contributed by atoms with Crippen LogP contribution in [0.3, 0.4) is 0 Å². The molecule has 1 heterocycles. The van der Waals surface area contributed by atoms with Gasteiger partial charge in [-0.05, 0) is 0 Å². The average Bonchev–Trinajstić information content (AvgIpc) is 2.59. The fourth-order valence-corrected chi connectivity index (χ4v) is 1.17. The van der Waals surface area contributed by atoms with Gasteiger partial charge >= 0.3 is 5.97 Å². The SMILES string of the molecule is COC(=O)c1c(C=CCC=O)cnn1C. The summed E-state index contributed by atoms with van der Waals surface area (Å²) in [5.74, 6) is -0.444. The van der Waals surface area contributed by atoms with Gasteiger partial charge in [-0.2, -0.15) is 5.10 Å². The second-order valence-corrected chi connectivity index (χ2v) is 2.87. The standard InChI is InChI=1S/C10H12N2O3/c1-12-9(10(14)15-2)8(7-11-12)5-3-4-6-13/h3,5-7H,4H2,1-2H3. The van der Waals surface area contributed by atoms with Crippen LogP contribution < -0.4 is 0 Å². The van der Waals surface area contributed by atoms with Crippen molar-refractivity contribution in [2.75, 3.05) is 7.11 Å². The van der Waals surface area contributed by atoms with Gasteiger partial charge in [-0.15, -0.1) is 0 Å². The molecule has 1 aromatic heterocycles. The van der Waals surface area contributed by atoms with E-state index in [1.165, 1.54) is 11.8 Å². The van der Waals surface area contributed by atoms with E-state index in [0.717, 1.165) is 6.29 Å². The molecule has 0 amide bonds. The summed E-state index contributed by atoms with van der Waals surface area (Å²) in [5, 5.41) is 3.94. The highest BCUT2D eigenvalue weighted by molar-refractivity contribution is 5.91. The first-order valence-corrected chi connectivity index (χ1v) is 4.41. The van der Waals surface area contributed by atoms with E-state index >= 15 is 0 Å². The van der Waals surface area contributed by atoms with E-state index in [1.54, 1.807) is 25.4 Å². The number of allylic oxidation sites excluding steroid dienone is 1. The number of carbonyl (C=O) groups is 2. The predicted octanol–water partition coefficient (Wildman–Crippen LogP) is 0.809. The van der Waals surface area contributed by atoms with Crippen LogP contribution in [0.25, 0.3) is 6.08 Å². The van der Waals surface area contributed by atoms with Crippen LogP contribution in [-0.2, 0) is 16.6 Å². The highest BCUT2D eigenvalue weighted by Gasteiger charge is 2.14. The number of methoxy groups -OCH3 is 1. The molecule has 0 fully saturated rings. The molecule has 0 spiro atoms. The van der Waals surface area contributed by atoms with E-state index in [4.69, 9.17) is 0 Å². The lowest BCUT2D eigenvalue weighted by atomic mass is 10.2. The van der Waals surface area contributed by atoms with Gasteiger partial charge in [-0.3, -0.25) is 4.68 Å². The Morgan fingerprint density at radius 2 is 2.40 bits per heavy atom. The van der Waals surface area contributed by atoms with Gasteiger partial charge in [-0.1, -0.05) is 12.2 Å². The van der Waals surface area contributed by atoms with E-state index < -0.39 is 5.97 Å². The summed E-state index contributed by atoms with van der Waals surface area (Å²) in [4.78, 5) is 21.5. The quantitative estimate of drug-likeness (QED) is 0.542. The minimum absolute atomic E-state index is 0.315. The Bertz CT molecular complexity index is 393. The van der Waals surface area contributed by atoms with Crippen LogP contribution in [0.15, 0.2) is 12.3 Å². The van der Waals surface area contributed by atoms with Gasteiger partial charge in [0.2, 0.25) is 0 Å². The maximum absolute atomic E-state index is 11.4. The third-order valence-corrected chi connectivity index (χ3v) is 1.88. The fraction of sp³-hybridized carbons (Fsp3) is 0.300. The zero-order valence-electron chi connectivity index (χ0n) is 8.64. The summed E-state index contributed by atoms with van der Waals surface area (Å²) in [7, 11) is 2.97. The van der Waals surface area contributed by atoms with Gasteiger partial charge in [0, 0.05) is 19.0 Å². The molecule has 0 atom stereocenters. The Morgan fingerprint density at radius 1 is 1.67 bits per heavy atom. The molecule has 0 aliphatic carbocycles. The Balaban J connectivity index is 2.98. The number of hydrogen-bond donors (Lipinski definition) is 0. The van der Waals surface area contributed by atoms with Gasteiger partial charge in [-0.25, -0.2) is 4.79 Å². The molecule has 5 heteroatoms. The van der Waals surface area contributed by atoms with Crippen molar-refractivity contribution in [3.05, 3.63) is 23.5 Å². The molecule has 0 aromatic carbocycles. The lowest BCUT2D eigenvalue weighted by Crippen LogP contribution is -2.09. The van der Waals surface area contributed by atoms with E-state index in [-0.39, 0.29) is 0 Å². The Kier molecular flexibility index (Phi) is 3.79. The molecule has 0 bridgehead atoms. The first-order valence-electron chi connectivity index (χ1n) is 4.41. The van der Waals surface area contributed by atoms with Gasteiger partial charge in [0.25, 0.3) is 0 Å². The maximum atomic E-state index is 11.4. The molecule has 1 aromatic rings. The normalized spacial score (nSPS) is 10.5. The summed E-state index contributed by atoms with van der Waals surface area (Å²) in [6.45, 7) is 0.